The minimum atomic E-state index is -0.286. The molecule has 1 saturated heterocycles. The summed E-state index contributed by atoms with van der Waals surface area (Å²) in [4.78, 5) is 22.7. The molecular weight excluding hydrogens is 304 g/mol. The Morgan fingerprint density at radius 1 is 1.21 bits per heavy atom. The molecule has 126 valence electrons. The maximum atomic E-state index is 12.5. The van der Waals surface area contributed by atoms with Crippen molar-refractivity contribution in [1.29, 1.82) is 0 Å². The van der Waals surface area contributed by atoms with Gasteiger partial charge in [0.25, 0.3) is 0 Å². The van der Waals surface area contributed by atoms with Gasteiger partial charge in [-0.1, -0.05) is 30.3 Å². The van der Waals surface area contributed by atoms with E-state index in [0.29, 0.717) is 19.0 Å². The number of hydrogen-bond acceptors (Lipinski definition) is 5. The van der Waals surface area contributed by atoms with E-state index in [-0.39, 0.29) is 24.2 Å². The number of carbonyl (C=O) groups excluding carboxylic acids is 1. The molecule has 0 unspecified atom stereocenters. The van der Waals surface area contributed by atoms with Crippen molar-refractivity contribution in [3.63, 3.8) is 0 Å². The van der Waals surface area contributed by atoms with Gasteiger partial charge in [-0.25, -0.2) is 9.97 Å². The summed E-state index contributed by atoms with van der Waals surface area (Å²) < 4.78 is 6.05. The molecule has 1 aliphatic rings. The van der Waals surface area contributed by atoms with Crippen LogP contribution in [0, 0.1) is 0 Å². The van der Waals surface area contributed by atoms with E-state index in [9.17, 15) is 4.79 Å². The Bertz CT molecular complexity index is 665. The smallest absolute Gasteiger partial charge is 0.243 e. The first-order chi connectivity index (χ1) is 11.6. The molecule has 2 heterocycles. The van der Waals surface area contributed by atoms with Crippen molar-refractivity contribution in [2.45, 2.75) is 32.1 Å². The Labute approximate surface area is 141 Å². The average Bonchev–Trinajstić information content (AvgIpc) is 2.62. The lowest BCUT2D eigenvalue weighted by atomic mass is 10.1. The number of nitrogens with one attached hydrogen (secondary N) is 1. The van der Waals surface area contributed by atoms with Crippen LogP contribution >= 0.6 is 0 Å². The Balaban J connectivity index is 1.67. The largest absolute Gasteiger partial charge is 0.368 e. The molecule has 0 bridgehead atoms. The van der Waals surface area contributed by atoms with Crippen molar-refractivity contribution in [2.75, 3.05) is 18.4 Å². The van der Waals surface area contributed by atoms with Gasteiger partial charge in [0.1, 0.15) is 0 Å². The quantitative estimate of drug-likeness (QED) is 0.933. The van der Waals surface area contributed by atoms with Crippen molar-refractivity contribution in [3.05, 3.63) is 54.4 Å². The van der Waals surface area contributed by atoms with Gasteiger partial charge < -0.3 is 4.74 Å². The second-order valence-electron chi connectivity index (χ2n) is 6.04. The number of hydrogen-bond donors (Lipinski definition) is 1. The average molecular weight is 326 g/mol. The van der Waals surface area contributed by atoms with E-state index in [2.05, 4.69) is 32.3 Å². The van der Waals surface area contributed by atoms with Crippen LogP contribution in [0.5, 0.6) is 0 Å². The number of anilines is 1. The number of nitrogens with zero attached hydrogens (tertiary/aromatic N) is 3. The third kappa shape index (κ3) is 3.96. The van der Waals surface area contributed by atoms with Crippen molar-refractivity contribution in [1.82, 2.24) is 14.9 Å². The first kappa shape index (κ1) is 16.5. The number of carbonyl (C=O) groups is 1. The highest BCUT2D eigenvalue weighted by atomic mass is 16.5. The highest BCUT2D eigenvalue weighted by molar-refractivity contribution is 5.93. The molecule has 6 heteroatoms. The van der Waals surface area contributed by atoms with E-state index in [0.717, 1.165) is 5.56 Å². The predicted molar refractivity (Wildman–Crippen MR) is 91.4 cm³/mol. The third-order valence-electron chi connectivity index (χ3n) is 4.19. The van der Waals surface area contributed by atoms with Crippen LogP contribution in [0.3, 0.4) is 0 Å². The van der Waals surface area contributed by atoms with Crippen molar-refractivity contribution < 1.29 is 9.53 Å². The van der Waals surface area contributed by atoms with Gasteiger partial charge in [0, 0.05) is 25.5 Å². The van der Waals surface area contributed by atoms with Gasteiger partial charge in [-0.15, -0.1) is 0 Å². The van der Waals surface area contributed by atoms with Crippen LogP contribution in [0.25, 0.3) is 0 Å². The van der Waals surface area contributed by atoms with Crippen LogP contribution < -0.4 is 5.32 Å². The van der Waals surface area contributed by atoms with Gasteiger partial charge in [-0.2, -0.15) is 0 Å². The molecule has 0 saturated carbocycles. The maximum Gasteiger partial charge on any atom is 0.243 e. The second kappa shape index (κ2) is 7.51. The predicted octanol–water partition coefficient (Wildman–Crippen LogP) is 2.27. The topological polar surface area (TPSA) is 67.4 Å². The van der Waals surface area contributed by atoms with E-state index < -0.39 is 0 Å². The van der Waals surface area contributed by atoms with Crippen LogP contribution in [0.15, 0.2) is 48.8 Å². The zero-order valence-corrected chi connectivity index (χ0v) is 13.9. The molecule has 1 N–H and O–H groups in total. The molecule has 0 spiro atoms. The molecule has 3 rings (SSSR count). The van der Waals surface area contributed by atoms with Crippen molar-refractivity contribution >= 4 is 11.9 Å². The lowest BCUT2D eigenvalue weighted by Gasteiger charge is -2.39. The molecule has 1 amide bonds. The number of ether oxygens (including phenoxy) is 1. The minimum Gasteiger partial charge on any atom is -0.368 e. The van der Waals surface area contributed by atoms with Crippen LogP contribution in [0.4, 0.5) is 5.95 Å². The normalized spacial score (nSPS) is 22.8. The molecule has 0 aliphatic carbocycles. The molecule has 24 heavy (non-hydrogen) atoms. The second-order valence-corrected chi connectivity index (χ2v) is 6.04. The van der Waals surface area contributed by atoms with E-state index in [4.69, 9.17) is 4.74 Å². The highest BCUT2D eigenvalue weighted by Gasteiger charge is 2.32. The summed E-state index contributed by atoms with van der Waals surface area (Å²) in [5.41, 5.74) is 1.13. The third-order valence-corrected chi connectivity index (χ3v) is 4.19. The van der Waals surface area contributed by atoms with Gasteiger partial charge in [-0.05, 0) is 25.5 Å². The summed E-state index contributed by atoms with van der Waals surface area (Å²) >= 11 is 0. The summed E-state index contributed by atoms with van der Waals surface area (Å²) in [5.74, 6) is 0.220. The summed E-state index contributed by atoms with van der Waals surface area (Å²) in [6, 6.07) is 11.5. The molecule has 1 aromatic carbocycles. The van der Waals surface area contributed by atoms with Crippen LogP contribution in [-0.4, -0.2) is 46.0 Å². The zero-order chi connectivity index (χ0) is 16.9. The molecule has 6 nitrogen and oxygen atoms in total. The van der Waals surface area contributed by atoms with E-state index in [1.807, 2.05) is 32.0 Å². The lowest BCUT2D eigenvalue weighted by molar-refractivity contribution is -0.128. The summed E-state index contributed by atoms with van der Waals surface area (Å²) in [7, 11) is 0. The first-order valence-corrected chi connectivity index (χ1v) is 8.16. The SMILES string of the molecule is C[C@H]1CN([C@@H](C)C(=O)Nc2ncccn2)C[C@H](c2ccccc2)O1. The fourth-order valence-electron chi connectivity index (χ4n) is 2.90. The molecule has 1 aliphatic heterocycles. The number of rotatable bonds is 4. The molecule has 2 aromatic rings. The molecule has 1 fully saturated rings. The summed E-state index contributed by atoms with van der Waals surface area (Å²) in [6.45, 7) is 5.33. The van der Waals surface area contributed by atoms with Crippen molar-refractivity contribution in [3.8, 4) is 0 Å². The first-order valence-electron chi connectivity index (χ1n) is 8.16. The Hall–Kier alpha value is -2.31. The van der Waals surface area contributed by atoms with E-state index in [1.165, 1.54) is 0 Å². The van der Waals surface area contributed by atoms with Crippen LogP contribution in [0.2, 0.25) is 0 Å². The Morgan fingerprint density at radius 3 is 2.62 bits per heavy atom. The molecule has 0 radical (unpaired) electrons. The summed E-state index contributed by atoms with van der Waals surface area (Å²) in [5, 5.41) is 2.76. The van der Waals surface area contributed by atoms with Gasteiger partial charge in [0.05, 0.1) is 18.2 Å². The number of aromatic nitrogens is 2. The number of morpholine rings is 1. The fraction of sp³-hybridized carbons (Fsp3) is 0.389. The summed E-state index contributed by atoms with van der Waals surface area (Å²) in [6.07, 6.45) is 3.25. The Morgan fingerprint density at radius 2 is 1.92 bits per heavy atom. The monoisotopic (exact) mass is 326 g/mol. The zero-order valence-electron chi connectivity index (χ0n) is 13.9. The fourth-order valence-corrected chi connectivity index (χ4v) is 2.90. The van der Waals surface area contributed by atoms with E-state index in [1.54, 1.807) is 18.5 Å². The standard InChI is InChI=1S/C18H22N4O2/c1-13-11-22(12-16(24-13)15-7-4-3-5-8-15)14(2)17(23)21-18-19-9-6-10-20-18/h3-10,13-14,16H,11-12H2,1-2H3,(H,19,20,21,23)/t13-,14-,16+/m0/s1. The Kier molecular flexibility index (Phi) is 5.17. The number of benzene rings is 1. The van der Waals surface area contributed by atoms with Gasteiger partial charge in [0.15, 0.2) is 0 Å². The van der Waals surface area contributed by atoms with Crippen LogP contribution in [0.1, 0.15) is 25.5 Å². The molecular formula is C18H22N4O2. The van der Waals surface area contributed by atoms with E-state index >= 15 is 0 Å². The lowest BCUT2D eigenvalue weighted by Crippen LogP contribution is -2.51. The molecule has 3 atom stereocenters. The van der Waals surface area contributed by atoms with Gasteiger partial charge in [0.2, 0.25) is 11.9 Å². The van der Waals surface area contributed by atoms with Gasteiger partial charge in [-0.3, -0.25) is 15.0 Å². The van der Waals surface area contributed by atoms with Crippen LogP contribution in [-0.2, 0) is 9.53 Å². The molecule has 1 aromatic heterocycles. The highest BCUT2D eigenvalue weighted by Crippen LogP contribution is 2.26. The van der Waals surface area contributed by atoms with Gasteiger partial charge >= 0.3 is 0 Å². The minimum absolute atomic E-state index is 0.0295. The van der Waals surface area contributed by atoms with Crippen molar-refractivity contribution in [2.24, 2.45) is 0 Å². The number of amides is 1. The maximum absolute atomic E-state index is 12.5.